The summed E-state index contributed by atoms with van der Waals surface area (Å²) in [6, 6.07) is 4.40. The summed E-state index contributed by atoms with van der Waals surface area (Å²) >= 11 is 11.6. The molecule has 2 aromatic rings. The molecule has 1 heterocycles. The number of amides is 1. The minimum atomic E-state index is -1.05. The molecule has 0 saturated heterocycles. The highest BCUT2D eigenvalue weighted by Gasteiger charge is 2.14. The van der Waals surface area contributed by atoms with Crippen molar-refractivity contribution in [2.75, 3.05) is 11.9 Å². The molecule has 0 aliphatic carbocycles. The van der Waals surface area contributed by atoms with Crippen LogP contribution in [-0.4, -0.2) is 28.5 Å². The number of H-pyrrole nitrogens is 2. The van der Waals surface area contributed by atoms with Gasteiger partial charge in [0, 0.05) is 21.9 Å². The third-order valence-electron chi connectivity index (χ3n) is 2.52. The van der Waals surface area contributed by atoms with E-state index in [1.165, 1.54) is 18.2 Å². The Hall–Kier alpha value is -2.58. The first-order valence-corrected chi connectivity index (χ1v) is 6.86. The van der Waals surface area contributed by atoms with Gasteiger partial charge in [-0.05, 0) is 18.2 Å². The first-order chi connectivity index (χ1) is 10.8. The van der Waals surface area contributed by atoms with Crippen LogP contribution < -0.4 is 16.6 Å². The molecule has 0 radical (unpaired) electrons. The molecule has 0 saturated carbocycles. The second-order valence-corrected chi connectivity index (χ2v) is 5.14. The van der Waals surface area contributed by atoms with E-state index in [-0.39, 0.29) is 0 Å². The molecule has 3 N–H and O–H groups in total. The van der Waals surface area contributed by atoms with Crippen molar-refractivity contribution in [3.63, 3.8) is 0 Å². The number of rotatable bonds is 4. The number of aromatic amines is 2. The molecular weight excluding hydrogens is 349 g/mol. The van der Waals surface area contributed by atoms with Gasteiger partial charge < -0.3 is 15.0 Å². The van der Waals surface area contributed by atoms with Gasteiger partial charge >= 0.3 is 11.7 Å². The maximum Gasteiger partial charge on any atom is 0.345 e. The molecule has 0 aliphatic rings. The summed E-state index contributed by atoms with van der Waals surface area (Å²) in [4.78, 5) is 49.6. The fourth-order valence-corrected chi connectivity index (χ4v) is 2.12. The lowest BCUT2D eigenvalue weighted by Gasteiger charge is -2.07. The summed E-state index contributed by atoms with van der Waals surface area (Å²) in [5.41, 5.74) is -1.78. The van der Waals surface area contributed by atoms with E-state index in [4.69, 9.17) is 23.2 Å². The number of benzene rings is 1. The molecule has 0 unspecified atom stereocenters. The normalized spacial score (nSPS) is 10.2. The van der Waals surface area contributed by atoms with Crippen LogP contribution in [0.2, 0.25) is 10.0 Å². The van der Waals surface area contributed by atoms with Gasteiger partial charge in [-0.2, -0.15) is 0 Å². The Morgan fingerprint density at radius 3 is 2.39 bits per heavy atom. The van der Waals surface area contributed by atoms with Crippen LogP contribution in [0.25, 0.3) is 0 Å². The van der Waals surface area contributed by atoms with Crippen LogP contribution in [0.4, 0.5) is 5.69 Å². The lowest BCUT2D eigenvalue weighted by atomic mass is 10.3. The van der Waals surface area contributed by atoms with Gasteiger partial charge in [0.15, 0.2) is 6.61 Å². The summed E-state index contributed by atoms with van der Waals surface area (Å²) in [6.07, 6.45) is 0.901. The van der Waals surface area contributed by atoms with Gasteiger partial charge in [-0.25, -0.2) is 9.59 Å². The number of carbonyl (C=O) groups excluding carboxylic acids is 2. The third kappa shape index (κ3) is 4.70. The number of esters is 1. The number of nitrogens with one attached hydrogen (secondary N) is 3. The van der Waals surface area contributed by atoms with Crippen molar-refractivity contribution in [2.24, 2.45) is 0 Å². The molecular formula is C13H9Cl2N3O5. The molecule has 8 nitrogen and oxygen atoms in total. The SMILES string of the molecule is O=C(COC(=O)c1c[nH]c(=O)[nH]c1=O)Nc1cc(Cl)cc(Cl)c1. The first-order valence-electron chi connectivity index (χ1n) is 6.10. The van der Waals surface area contributed by atoms with E-state index in [0.29, 0.717) is 15.7 Å². The Balaban J connectivity index is 1.97. The van der Waals surface area contributed by atoms with Gasteiger partial charge in [-0.3, -0.25) is 14.6 Å². The Morgan fingerprint density at radius 1 is 1.13 bits per heavy atom. The number of aromatic nitrogens is 2. The van der Waals surface area contributed by atoms with Gasteiger partial charge in [0.25, 0.3) is 11.5 Å². The van der Waals surface area contributed by atoms with Gasteiger partial charge in [0.1, 0.15) is 5.56 Å². The topological polar surface area (TPSA) is 121 Å². The number of hydrogen-bond donors (Lipinski definition) is 3. The minimum Gasteiger partial charge on any atom is -0.452 e. The molecule has 0 aliphatic heterocycles. The predicted molar refractivity (Wildman–Crippen MR) is 83.1 cm³/mol. The molecule has 120 valence electrons. The summed E-state index contributed by atoms with van der Waals surface area (Å²) in [5, 5.41) is 3.07. The third-order valence-corrected chi connectivity index (χ3v) is 2.96. The zero-order valence-corrected chi connectivity index (χ0v) is 12.8. The molecule has 0 bridgehead atoms. The smallest absolute Gasteiger partial charge is 0.345 e. The van der Waals surface area contributed by atoms with Crippen molar-refractivity contribution >= 4 is 40.8 Å². The van der Waals surface area contributed by atoms with Crippen molar-refractivity contribution in [3.8, 4) is 0 Å². The average Bonchev–Trinajstić information content (AvgIpc) is 2.43. The van der Waals surface area contributed by atoms with E-state index in [1.807, 2.05) is 4.98 Å². The Labute approximate surface area is 138 Å². The first kappa shape index (κ1) is 16.8. The molecule has 23 heavy (non-hydrogen) atoms. The molecule has 1 aromatic carbocycles. The van der Waals surface area contributed by atoms with E-state index >= 15 is 0 Å². The zero-order valence-electron chi connectivity index (χ0n) is 11.3. The average molecular weight is 358 g/mol. The van der Waals surface area contributed by atoms with Crippen LogP contribution in [0.3, 0.4) is 0 Å². The largest absolute Gasteiger partial charge is 0.452 e. The monoisotopic (exact) mass is 357 g/mol. The second kappa shape index (κ2) is 7.12. The summed E-state index contributed by atoms with van der Waals surface area (Å²) in [6.45, 7) is -0.637. The van der Waals surface area contributed by atoms with Gasteiger partial charge in [-0.15, -0.1) is 0 Å². The lowest BCUT2D eigenvalue weighted by Crippen LogP contribution is -2.29. The Kier molecular flexibility index (Phi) is 5.20. The number of carbonyl (C=O) groups is 2. The fourth-order valence-electron chi connectivity index (χ4n) is 1.59. The molecule has 0 spiro atoms. The Bertz CT molecular complexity index is 854. The van der Waals surface area contributed by atoms with Crippen LogP contribution >= 0.6 is 23.2 Å². The van der Waals surface area contributed by atoms with Crippen molar-refractivity contribution in [2.45, 2.75) is 0 Å². The number of ether oxygens (including phenoxy) is 1. The summed E-state index contributed by atoms with van der Waals surface area (Å²) in [7, 11) is 0. The van der Waals surface area contributed by atoms with Crippen LogP contribution in [0, 0.1) is 0 Å². The number of halogens is 2. The van der Waals surface area contributed by atoms with Gasteiger partial charge in [0.05, 0.1) is 0 Å². The molecule has 10 heteroatoms. The van der Waals surface area contributed by atoms with Crippen molar-refractivity contribution in [1.29, 1.82) is 0 Å². The van der Waals surface area contributed by atoms with E-state index in [9.17, 15) is 19.2 Å². The maximum absolute atomic E-state index is 11.7. The molecule has 0 atom stereocenters. The molecule has 1 aromatic heterocycles. The van der Waals surface area contributed by atoms with Crippen molar-refractivity contribution in [3.05, 3.63) is 60.8 Å². The fraction of sp³-hybridized carbons (Fsp3) is 0.0769. The maximum atomic E-state index is 11.7. The van der Waals surface area contributed by atoms with Gasteiger partial charge in [-0.1, -0.05) is 23.2 Å². The highest BCUT2D eigenvalue weighted by Crippen LogP contribution is 2.22. The molecule has 0 fully saturated rings. The van der Waals surface area contributed by atoms with Crippen LogP contribution in [0.15, 0.2) is 34.0 Å². The highest BCUT2D eigenvalue weighted by molar-refractivity contribution is 6.35. The van der Waals surface area contributed by atoms with E-state index < -0.39 is 35.3 Å². The second-order valence-electron chi connectivity index (χ2n) is 4.27. The van der Waals surface area contributed by atoms with Crippen molar-refractivity contribution < 1.29 is 14.3 Å². The summed E-state index contributed by atoms with van der Waals surface area (Å²) in [5.74, 6) is -1.71. The van der Waals surface area contributed by atoms with Gasteiger partial charge in [0.2, 0.25) is 0 Å². The molecule has 2 rings (SSSR count). The van der Waals surface area contributed by atoms with E-state index in [0.717, 1.165) is 6.20 Å². The number of hydrogen-bond acceptors (Lipinski definition) is 5. The minimum absolute atomic E-state index is 0.324. The predicted octanol–water partition coefficient (Wildman–Crippen LogP) is 1.17. The zero-order chi connectivity index (χ0) is 17.0. The van der Waals surface area contributed by atoms with Crippen LogP contribution in [-0.2, 0) is 9.53 Å². The highest BCUT2D eigenvalue weighted by atomic mass is 35.5. The molecule has 1 amide bonds. The van der Waals surface area contributed by atoms with Crippen molar-refractivity contribution in [1.82, 2.24) is 9.97 Å². The van der Waals surface area contributed by atoms with Crippen LogP contribution in [0.1, 0.15) is 10.4 Å². The van der Waals surface area contributed by atoms with E-state index in [1.54, 1.807) is 0 Å². The van der Waals surface area contributed by atoms with Crippen LogP contribution in [0.5, 0.6) is 0 Å². The lowest BCUT2D eigenvalue weighted by molar-refractivity contribution is -0.119. The summed E-state index contributed by atoms with van der Waals surface area (Å²) < 4.78 is 4.68. The quantitative estimate of drug-likeness (QED) is 0.709. The standard InChI is InChI=1S/C13H9Cl2N3O5/c14-6-1-7(15)3-8(2-6)17-10(19)5-23-12(21)9-4-16-13(22)18-11(9)20/h1-4H,5H2,(H,17,19)(H2,16,18,20,22). The number of anilines is 1. The van der Waals surface area contributed by atoms with E-state index in [2.05, 4.69) is 15.0 Å². The Morgan fingerprint density at radius 2 is 1.78 bits per heavy atom.